The lowest BCUT2D eigenvalue weighted by Crippen LogP contribution is -2.22. The molecule has 1 heterocycles. The Bertz CT molecular complexity index is 1000. The Morgan fingerprint density at radius 3 is 2.85 bits per heavy atom. The number of benzene rings is 2. The molecule has 0 unspecified atom stereocenters. The van der Waals surface area contributed by atoms with Gasteiger partial charge >= 0.3 is 0 Å². The van der Waals surface area contributed by atoms with Gasteiger partial charge in [0.2, 0.25) is 11.0 Å². The minimum atomic E-state index is -0.438. The van der Waals surface area contributed by atoms with Crippen molar-refractivity contribution in [2.45, 2.75) is 16.5 Å². The smallest absolute Gasteiger partial charge is 0.237 e. The molecule has 0 saturated carbocycles. The van der Waals surface area contributed by atoms with Crippen molar-refractivity contribution >= 4 is 45.5 Å². The molecule has 2 aromatic carbocycles. The summed E-state index contributed by atoms with van der Waals surface area (Å²) in [6, 6.07) is 14.9. The fourth-order valence-electron chi connectivity index (χ4n) is 2.13. The minimum absolute atomic E-state index is 0.238. The third kappa shape index (κ3) is 5.03. The summed E-state index contributed by atoms with van der Waals surface area (Å²) in [5, 5.41) is 22.9. The van der Waals surface area contributed by atoms with Crippen molar-refractivity contribution in [2.24, 2.45) is 0 Å². The van der Waals surface area contributed by atoms with E-state index < -0.39 is 5.25 Å². The van der Waals surface area contributed by atoms with E-state index >= 15 is 0 Å². The first-order chi connectivity index (χ1) is 13.0. The van der Waals surface area contributed by atoms with Crippen LogP contribution < -0.4 is 10.6 Å². The SMILES string of the molecule is C[C@H](Sc1nnc(Nc2cccc(F)c2)s1)C(=O)Nc1ccccc1C#N. The average Bonchev–Trinajstić information content (AvgIpc) is 3.09. The van der Waals surface area contributed by atoms with Gasteiger partial charge in [-0.25, -0.2) is 4.39 Å². The monoisotopic (exact) mass is 399 g/mol. The van der Waals surface area contributed by atoms with Crippen LogP contribution in [0.2, 0.25) is 0 Å². The number of thioether (sulfide) groups is 1. The van der Waals surface area contributed by atoms with Crippen LogP contribution in [0.1, 0.15) is 12.5 Å². The summed E-state index contributed by atoms with van der Waals surface area (Å²) in [7, 11) is 0. The van der Waals surface area contributed by atoms with Crippen molar-refractivity contribution in [3.63, 3.8) is 0 Å². The van der Waals surface area contributed by atoms with Gasteiger partial charge < -0.3 is 10.6 Å². The largest absolute Gasteiger partial charge is 0.330 e. The zero-order valence-electron chi connectivity index (χ0n) is 14.1. The van der Waals surface area contributed by atoms with Crippen molar-refractivity contribution in [1.29, 1.82) is 5.26 Å². The van der Waals surface area contributed by atoms with Crippen molar-refractivity contribution < 1.29 is 9.18 Å². The van der Waals surface area contributed by atoms with Gasteiger partial charge in [-0.2, -0.15) is 5.26 Å². The topological polar surface area (TPSA) is 90.7 Å². The second kappa shape index (κ2) is 8.62. The van der Waals surface area contributed by atoms with E-state index in [1.54, 1.807) is 43.3 Å². The Labute approximate surface area is 163 Å². The molecule has 9 heteroatoms. The summed E-state index contributed by atoms with van der Waals surface area (Å²) in [5.41, 5.74) is 1.45. The highest BCUT2D eigenvalue weighted by atomic mass is 32.2. The van der Waals surface area contributed by atoms with Crippen molar-refractivity contribution in [1.82, 2.24) is 10.2 Å². The van der Waals surface area contributed by atoms with Crippen molar-refractivity contribution in [2.75, 3.05) is 10.6 Å². The number of hydrogen-bond donors (Lipinski definition) is 2. The highest BCUT2D eigenvalue weighted by Crippen LogP contribution is 2.31. The zero-order chi connectivity index (χ0) is 19.2. The summed E-state index contributed by atoms with van der Waals surface area (Å²) in [6.45, 7) is 1.75. The van der Waals surface area contributed by atoms with Gasteiger partial charge in [-0.1, -0.05) is 41.3 Å². The number of carbonyl (C=O) groups is 1. The van der Waals surface area contributed by atoms with E-state index in [2.05, 4.69) is 20.8 Å². The lowest BCUT2D eigenvalue weighted by atomic mass is 10.2. The number of hydrogen-bond acceptors (Lipinski definition) is 7. The number of rotatable bonds is 6. The molecule has 6 nitrogen and oxygen atoms in total. The Morgan fingerprint density at radius 1 is 1.26 bits per heavy atom. The fourth-order valence-corrected chi connectivity index (χ4v) is 4.04. The Morgan fingerprint density at radius 2 is 2.07 bits per heavy atom. The van der Waals surface area contributed by atoms with E-state index in [1.807, 2.05) is 6.07 Å². The molecule has 0 fully saturated rings. The molecule has 0 spiro atoms. The normalized spacial score (nSPS) is 11.4. The Kier molecular flexibility index (Phi) is 6.01. The number of aromatic nitrogens is 2. The van der Waals surface area contributed by atoms with Crippen molar-refractivity contribution in [3.05, 3.63) is 59.9 Å². The fraction of sp³-hybridized carbons (Fsp3) is 0.111. The van der Waals surface area contributed by atoms with Gasteiger partial charge in [0.05, 0.1) is 16.5 Å². The predicted molar refractivity (Wildman–Crippen MR) is 105 cm³/mol. The van der Waals surface area contributed by atoms with Crippen LogP contribution in [0.15, 0.2) is 52.9 Å². The van der Waals surface area contributed by atoms with Gasteiger partial charge in [0.25, 0.3) is 0 Å². The maximum absolute atomic E-state index is 13.2. The quantitative estimate of drug-likeness (QED) is 0.597. The first-order valence-corrected chi connectivity index (χ1v) is 9.57. The molecule has 0 bridgehead atoms. The molecule has 2 N–H and O–H groups in total. The summed E-state index contributed by atoms with van der Waals surface area (Å²) in [4.78, 5) is 12.4. The molecule has 0 aliphatic carbocycles. The highest BCUT2D eigenvalue weighted by molar-refractivity contribution is 8.02. The molecule has 0 aliphatic heterocycles. The molecular formula is C18H14FN5OS2. The maximum Gasteiger partial charge on any atom is 0.237 e. The van der Waals surface area contributed by atoms with Crippen LogP contribution in [0.3, 0.4) is 0 Å². The summed E-state index contributed by atoms with van der Waals surface area (Å²) in [6.07, 6.45) is 0. The van der Waals surface area contributed by atoms with Gasteiger partial charge in [0.15, 0.2) is 4.34 Å². The van der Waals surface area contributed by atoms with E-state index in [9.17, 15) is 9.18 Å². The molecule has 0 saturated heterocycles. The zero-order valence-corrected chi connectivity index (χ0v) is 15.8. The van der Waals surface area contributed by atoms with E-state index in [0.29, 0.717) is 26.4 Å². The molecular weight excluding hydrogens is 385 g/mol. The number of anilines is 3. The third-order valence-electron chi connectivity index (χ3n) is 3.43. The van der Waals surface area contributed by atoms with Crippen LogP contribution in [0.4, 0.5) is 20.9 Å². The number of nitrogens with one attached hydrogen (secondary N) is 2. The molecule has 136 valence electrons. The molecule has 0 radical (unpaired) electrons. The predicted octanol–water partition coefficient (Wildman–Crippen LogP) is 4.41. The summed E-state index contributed by atoms with van der Waals surface area (Å²) in [5.74, 6) is -0.584. The Hall–Kier alpha value is -2.96. The third-order valence-corrected chi connectivity index (χ3v) is 5.46. The van der Waals surface area contributed by atoms with Crippen LogP contribution in [0.25, 0.3) is 0 Å². The maximum atomic E-state index is 13.2. The molecule has 3 rings (SSSR count). The van der Waals surface area contributed by atoms with Crippen LogP contribution in [-0.2, 0) is 4.79 Å². The van der Waals surface area contributed by atoms with Crippen LogP contribution in [0, 0.1) is 17.1 Å². The number of nitriles is 1. The van der Waals surface area contributed by atoms with E-state index in [0.717, 1.165) is 0 Å². The molecule has 3 aromatic rings. The summed E-state index contributed by atoms with van der Waals surface area (Å²) >= 11 is 2.52. The van der Waals surface area contributed by atoms with Crippen molar-refractivity contribution in [3.8, 4) is 6.07 Å². The van der Waals surface area contributed by atoms with E-state index in [-0.39, 0.29) is 11.7 Å². The van der Waals surface area contributed by atoms with Crippen LogP contribution in [-0.4, -0.2) is 21.4 Å². The van der Waals surface area contributed by atoms with Gasteiger partial charge in [0.1, 0.15) is 11.9 Å². The minimum Gasteiger partial charge on any atom is -0.330 e. The molecule has 1 atom stereocenters. The Balaban J connectivity index is 1.61. The molecule has 0 aliphatic rings. The molecule has 1 amide bonds. The number of para-hydroxylation sites is 1. The number of amides is 1. The van der Waals surface area contributed by atoms with Crippen LogP contribution in [0.5, 0.6) is 0 Å². The van der Waals surface area contributed by atoms with Gasteiger partial charge in [-0.15, -0.1) is 10.2 Å². The second-order valence-corrected chi connectivity index (χ2v) is 7.98. The van der Waals surface area contributed by atoms with Gasteiger partial charge in [-0.05, 0) is 37.3 Å². The second-order valence-electron chi connectivity index (χ2n) is 5.42. The number of nitrogens with zero attached hydrogens (tertiary/aromatic N) is 3. The summed E-state index contributed by atoms with van der Waals surface area (Å²) < 4.78 is 13.8. The first-order valence-electron chi connectivity index (χ1n) is 7.88. The van der Waals surface area contributed by atoms with Gasteiger partial charge in [-0.3, -0.25) is 4.79 Å². The standard InChI is InChI=1S/C18H14FN5OS2/c1-11(16(25)22-15-8-3-2-5-12(15)10-20)26-18-24-23-17(27-18)21-14-7-4-6-13(19)9-14/h2-9,11H,1H3,(H,21,23)(H,22,25)/t11-/m0/s1. The van der Waals surface area contributed by atoms with E-state index in [1.165, 1.54) is 35.2 Å². The number of halogens is 1. The van der Waals surface area contributed by atoms with Crippen LogP contribution >= 0.6 is 23.1 Å². The lowest BCUT2D eigenvalue weighted by molar-refractivity contribution is -0.115. The first kappa shape index (κ1) is 18.8. The van der Waals surface area contributed by atoms with E-state index in [4.69, 9.17) is 5.26 Å². The molecule has 27 heavy (non-hydrogen) atoms. The average molecular weight is 399 g/mol. The molecule has 1 aromatic heterocycles. The number of carbonyl (C=O) groups excluding carboxylic acids is 1. The highest BCUT2D eigenvalue weighted by Gasteiger charge is 2.18. The van der Waals surface area contributed by atoms with Gasteiger partial charge in [0, 0.05) is 5.69 Å². The lowest BCUT2D eigenvalue weighted by Gasteiger charge is -2.11.